The van der Waals surface area contributed by atoms with Gasteiger partial charge in [-0.2, -0.15) is 14.6 Å². The number of morpholine rings is 1. The van der Waals surface area contributed by atoms with E-state index < -0.39 is 0 Å². The Morgan fingerprint density at radius 1 is 1.32 bits per heavy atom. The van der Waals surface area contributed by atoms with Gasteiger partial charge in [0.2, 0.25) is 16.9 Å². The molecule has 1 unspecified atom stereocenters. The van der Waals surface area contributed by atoms with Gasteiger partial charge in [-0.25, -0.2) is 4.98 Å². The zero-order valence-electron chi connectivity index (χ0n) is 18.5. The number of amides is 1. The Morgan fingerprint density at radius 3 is 3.00 bits per heavy atom. The number of hydrogen-bond donors (Lipinski definition) is 0. The minimum absolute atomic E-state index is 0.0183. The molecule has 0 aromatic carbocycles. The molecule has 1 atom stereocenters. The van der Waals surface area contributed by atoms with Gasteiger partial charge < -0.3 is 14.4 Å². The number of halogens is 1. The van der Waals surface area contributed by atoms with Crippen LogP contribution < -0.4 is 4.74 Å². The molecule has 1 fully saturated rings. The molecule has 4 aromatic heterocycles. The Kier molecular flexibility index (Phi) is 6.73. The molecule has 4 aromatic rings. The SMILES string of the molecule is CSc1nc2nc(C)cc(OCC3CN(C(=O)Cn4ccc(-c5ccc(Cl)s5)n4)CCO3)n2n1. The highest BCUT2D eigenvalue weighted by Crippen LogP contribution is 2.29. The van der Waals surface area contributed by atoms with E-state index in [1.807, 2.05) is 37.4 Å². The van der Waals surface area contributed by atoms with Crippen molar-refractivity contribution in [1.82, 2.24) is 34.3 Å². The average Bonchev–Trinajstić information content (AvgIpc) is 3.57. The Bertz CT molecular complexity index is 1320. The highest BCUT2D eigenvalue weighted by Gasteiger charge is 2.25. The number of aryl methyl sites for hydroxylation is 1. The zero-order valence-corrected chi connectivity index (χ0v) is 20.9. The number of nitrogens with zero attached hydrogens (tertiary/aromatic N) is 7. The van der Waals surface area contributed by atoms with Gasteiger partial charge in [0.25, 0.3) is 5.78 Å². The van der Waals surface area contributed by atoms with Gasteiger partial charge in [-0.05, 0) is 31.4 Å². The molecule has 1 aliphatic rings. The van der Waals surface area contributed by atoms with Gasteiger partial charge in [-0.3, -0.25) is 9.48 Å². The van der Waals surface area contributed by atoms with Crippen molar-refractivity contribution >= 4 is 46.4 Å². The number of thiophene rings is 1. The van der Waals surface area contributed by atoms with Crippen LogP contribution in [0.1, 0.15) is 5.69 Å². The van der Waals surface area contributed by atoms with Gasteiger partial charge >= 0.3 is 0 Å². The number of ether oxygens (including phenoxy) is 2. The maximum atomic E-state index is 12.9. The number of rotatable bonds is 7. The highest BCUT2D eigenvalue weighted by atomic mass is 35.5. The Labute approximate surface area is 208 Å². The number of carbonyl (C=O) groups excluding carboxylic acids is 1. The van der Waals surface area contributed by atoms with Crippen molar-refractivity contribution in [2.24, 2.45) is 0 Å². The first-order chi connectivity index (χ1) is 16.5. The third-order valence-corrected chi connectivity index (χ3v) is 7.03. The summed E-state index contributed by atoms with van der Waals surface area (Å²) in [6, 6.07) is 7.46. The van der Waals surface area contributed by atoms with E-state index in [0.717, 1.165) is 16.3 Å². The van der Waals surface area contributed by atoms with Crippen molar-refractivity contribution in [3.05, 3.63) is 40.5 Å². The summed E-state index contributed by atoms with van der Waals surface area (Å²) in [5.74, 6) is 1.01. The topological polar surface area (TPSA) is 99.7 Å². The number of fused-ring (bicyclic) bond motifs is 1. The van der Waals surface area contributed by atoms with Crippen LogP contribution >= 0.6 is 34.7 Å². The van der Waals surface area contributed by atoms with Gasteiger partial charge in [0.1, 0.15) is 24.9 Å². The number of hydrogen-bond acceptors (Lipinski definition) is 9. The third-order valence-electron chi connectivity index (χ3n) is 5.24. The molecule has 0 spiro atoms. The van der Waals surface area contributed by atoms with Crippen LogP contribution in [0.4, 0.5) is 0 Å². The second-order valence-corrected chi connectivity index (χ2v) is 10.2. The van der Waals surface area contributed by atoms with Crippen LogP contribution in [0.15, 0.2) is 35.6 Å². The molecule has 13 heteroatoms. The van der Waals surface area contributed by atoms with Crippen molar-refractivity contribution < 1.29 is 14.3 Å². The maximum Gasteiger partial charge on any atom is 0.256 e. The molecule has 0 radical (unpaired) electrons. The van der Waals surface area contributed by atoms with Crippen LogP contribution in [-0.2, 0) is 16.1 Å². The fourth-order valence-corrected chi connectivity index (χ4v) is 4.97. The molecule has 178 valence electrons. The van der Waals surface area contributed by atoms with E-state index in [4.69, 9.17) is 21.1 Å². The fraction of sp³-hybridized carbons (Fsp3) is 0.381. The summed E-state index contributed by atoms with van der Waals surface area (Å²) in [7, 11) is 0. The summed E-state index contributed by atoms with van der Waals surface area (Å²) >= 11 is 8.91. The van der Waals surface area contributed by atoms with Crippen molar-refractivity contribution in [1.29, 1.82) is 0 Å². The van der Waals surface area contributed by atoms with Gasteiger partial charge in [-0.1, -0.05) is 23.4 Å². The minimum atomic E-state index is -0.258. The predicted molar refractivity (Wildman–Crippen MR) is 130 cm³/mol. The molecule has 1 saturated heterocycles. The number of carbonyl (C=O) groups is 1. The lowest BCUT2D eigenvalue weighted by atomic mass is 10.3. The number of aromatic nitrogens is 6. The lowest BCUT2D eigenvalue weighted by molar-refractivity contribution is -0.140. The van der Waals surface area contributed by atoms with Crippen molar-refractivity contribution in [2.45, 2.75) is 24.7 Å². The lowest BCUT2D eigenvalue weighted by Gasteiger charge is -2.32. The maximum absolute atomic E-state index is 12.9. The smallest absolute Gasteiger partial charge is 0.256 e. The lowest BCUT2D eigenvalue weighted by Crippen LogP contribution is -2.48. The first kappa shape index (κ1) is 23.1. The van der Waals surface area contributed by atoms with E-state index in [0.29, 0.717) is 40.8 Å². The Hall–Kier alpha value is -2.67. The molecule has 5 rings (SSSR count). The van der Waals surface area contributed by atoms with Crippen LogP contribution in [0.3, 0.4) is 0 Å². The van der Waals surface area contributed by atoms with E-state index in [1.165, 1.54) is 23.1 Å². The molecule has 0 saturated carbocycles. The van der Waals surface area contributed by atoms with Gasteiger partial charge in [-0.15, -0.1) is 16.4 Å². The summed E-state index contributed by atoms with van der Waals surface area (Å²) in [6.07, 6.45) is 3.46. The second-order valence-electron chi connectivity index (χ2n) is 7.69. The summed E-state index contributed by atoms with van der Waals surface area (Å²) in [4.78, 5) is 24.4. The summed E-state index contributed by atoms with van der Waals surface area (Å²) in [6.45, 7) is 3.74. The second kappa shape index (κ2) is 9.90. The zero-order chi connectivity index (χ0) is 23.7. The van der Waals surface area contributed by atoms with Crippen LogP contribution in [0.25, 0.3) is 16.3 Å². The molecule has 10 nitrogen and oxygen atoms in total. The molecule has 0 aliphatic carbocycles. The van der Waals surface area contributed by atoms with Crippen molar-refractivity contribution in [2.75, 3.05) is 32.6 Å². The molecule has 5 heterocycles. The van der Waals surface area contributed by atoms with Crippen molar-refractivity contribution in [3.63, 3.8) is 0 Å². The van der Waals surface area contributed by atoms with Gasteiger partial charge in [0.05, 0.1) is 22.4 Å². The van der Waals surface area contributed by atoms with Gasteiger partial charge in [0, 0.05) is 24.5 Å². The highest BCUT2D eigenvalue weighted by molar-refractivity contribution is 7.98. The van der Waals surface area contributed by atoms with Crippen LogP contribution in [0, 0.1) is 6.92 Å². The van der Waals surface area contributed by atoms with E-state index in [9.17, 15) is 4.79 Å². The van der Waals surface area contributed by atoms with Crippen LogP contribution in [-0.4, -0.2) is 78.8 Å². The van der Waals surface area contributed by atoms with Crippen molar-refractivity contribution in [3.8, 4) is 16.5 Å². The average molecular weight is 520 g/mol. The van der Waals surface area contributed by atoms with E-state index in [2.05, 4.69) is 20.2 Å². The predicted octanol–water partition coefficient (Wildman–Crippen LogP) is 3.04. The van der Waals surface area contributed by atoms with E-state index in [1.54, 1.807) is 20.3 Å². The summed E-state index contributed by atoms with van der Waals surface area (Å²) in [5.41, 5.74) is 1.59. The first-order valence-electron chi connectivity index (χ1n) is 10.6. The largest absolute Gasteiger partial charge is 0.475 e. The Morgan fingerprint density at radius 2 is 2.21 bits per heavy atom. The number of thioether (sulfide) groups is 1. The third kappa shape index (κ3) is 5.04. The van der Waals surface area contributed by atoms with Crippen LogP contribution in [0.5, 0.6) is 5.88 Å². The quantitative estimate of drug-likeness (QED) is 0.343. The van der Waals surface area contributed by atoms with E-state index in [-0.39, 0.29) is 25.2 Å². The monoisotopic (exact) mass is 519 g/mol. The summed E-state index contributed by atoms with van der Waals surface area (Å²) in [5, 5.41) is 9.54. The molecule has 1 amide bonds. The normalized spacial score (nSPS) is 16.3. The first-order valence-corrected chi connectivity index (χ1v) is 13.0. The molecule has 1 aliphatic heterocycles. The summed E-state index contributed by atoms with van der Waals surface area (Å²) < 4.78 is 15.8. The molecular weight excluding hydrogens is 498 g/mol. The fourth-order valence-electron chi connectivity index (χ4n) is 3.62. The van der Waals surface area contributed by atoms with E-state index >= 15 is 0 Å². The Balaban J connectivity index is 1.20. The molecule has 34 heavy (non-hydrogen) atoms. The van der Waals surface area contributed by atoms with Gasteiger partial charge in [0.15, 0.2) is 0 Å². The van der Waals surface area contributed by atoms with Crippen LogP contribution in [0.2, 0.25) is 4.34 Å². The minimum Gasteiger partial charge on any atom is -0.475 e. The molecule has 0 N–H and O–H groups in total. The molecular formula is C21H22ClN7O3S2. The standard InChI is InChI=1S/C21H22ClN7O3S2/c1-13-9-19(29-20(23-13)24-21(26-29)33-2)32-12-14-10-27(7-8-31-14)18(30)11-28-6-5-15(25-28)16-3-4-17(22)34-16/h3-6,9,14H,7-8,10-12H2,1-2H3. The molecule has 0 bridgehead atoms.